The van der Waals surface area contributed by atoms with E-state index in [1.165, 1.54) is 127 Å². The Morgan fingerprint density at radius 1 is 0.250 bits per heavy atom. The molecule has 0 saturated heterocycles. The molecule has 0 rings (SSSR count). The molecule has 0 aliphatic rings. The molecule has 0 fully saturated rings. The summed E-state index contributed by atoms with van der Waals surface area (Å²) < 4.78 is 51.7. The Hall–Kier alpha value is 0.916. The van der Waals surface area contributed by atoms with E-state index in [1.54, 1.807) is 0 Å². The van der Waals surface area contributed by atoms with Crippen LogP contribution in [-0.2, 0) is 78.6 Å². The van der Waals surface area contributed by atoms with E-state index in [0.29, 0.717) is 0 Å². The summed E-state index contributed by atoms with van der Waals surface area (Å²) in [4.78, 5) is 0. The van der Waals surface area contributed by atoms with Crippen LogP contribution in [0.1, 0.15) is 41.5 Å². The van der Waals surface area contributed by atoms with Gasteiger partial charge in [-0.3, -0.25) is 0 Å². The molecule has 0 N–H and O–H groups in total. The van der Waals surface area contributed by atoms with Gasteiger partial charge in [0.15, 0.2) is 0 Å². The van der Waals surface area contributed by atoms with Gasteiger partial charge in [-0.1, -0.05) is 0 Å². The summed E-state index contributed by atoms with van der Waals surface area (Å²) in [5.41, 5.74) is 0. The molecule has 0 heterocycles. The fourth-order valence-electron chi connectivity index (χ4n) is 0.500. The van der Waals surface area contributed by atoms with Gasteiger partial charge in [0.1, 0.15) is 0 Å². The Kier molecular flexibility index (Phi) is 48.8. The second kappa shape index (κ2) is 33.8. The Morgan fingerprint density at radius 2 is 0.295 bits per heavy atom. The van der Waals surface area contributed by atoms with E-state index < -0.39 is 35.8 Å². The molecule has 0 spiro atoms. The fraction of sp³-hybridized carbons (Fsp3) is 1.00. The third kappa shape index (κ3) is 55.3. The third-order valence-electron chi connectivity index (χ3n) is 4.45. The molecule has 44 heavy (non-hydrogen) atoms. The molecular weight excluding hydrogens is 831 g/mol. The number of hydrogen-bond acceptors (Lipinski definition) is 18. The Balaban J connectivity index is -0.0000000584. The predicted molar refractivity (Wildman–Crippen MR) is 140 cm³/mol. The molecule has 20 heteroatoms. The van der Waals surface area contributed by atoms with E-state index in [2.05, 4.69) is 56.8 Å². The minimum Gasteiger partial charge on any atom is -0.807 e. The molecule has 0 aliphatic heterocycles. The Bertz CT molecular complexity index is 407. The second-order valence-corrected chi connectivity index (χ2v) is 7.62. The first-order valence-electron chi connectivity index (χ1n) is 11.6. The topological polar surface area (TPSA) is 249 Å². The first-order valence-corrected chi connectivity index (χ1v) is 11.6. The molecule has 0 aromatic rings. The average Bonchev–Trinajstić information content (AvgIpc) is 2.98. The molecular formula is C24H54O18PbTi. The van der Waals surface area contributed by atoms with Crippen molar-refractivity contribution in [3.8, 4) is 0 Å². The molecule has 0 amide bonds. The molecule has 2 radical (unpaired) electrons. The molecule has 266 valence electrons. The summed E-state index contributed by atoms with van der Waals surface area (Å²) >= 11 is 0. The molecule has 0 saturated carbocycles. The van der Waals surface area contributed by atoms with Crippen molar-refractivity contribution in [2.75, 3.05) is 85.3 Å². The van der Waals surface area contributed by atoms with Crippen LogP contribution in [0.25, 0.3) is 0 Å². The van der Waals surface area contributed by atoms with E-state index in [-0.39, 0.29) is 49.0 Å². The van der Waals surface area contributed by atoms with E-state index in [9.17, 15) is 30.6 Å². The van der Waals surface area contributed by atoms with Gasteiger partial charge in [-0.25, -0.2) is 0 Å². The van der Waals surface area contributed by atoms with Crippen LogP contribution < -0.4 is 30.6 Å². The maximum atomic E-state index is 10.4. The van der Waals surface area contributed by atoms with Crippen LogP contribution in [0.4, 0.5) is 0 Å². The summed E-state index contributed by atoms with van der Waals surface area (Å²) in [7, 11) is 15.6. The molecule has 0 atom stereocenters. The summed E-state index contributed by atoms with van der Waals surface area (Å²) in [6.07, 6.45) is 0. The minimum absolute atomic E-state index is 0. The third-order valence-corrected chi connectivity index (χ3v) is 4.45. The zero-order valence-corrected chi connectivity index (χ0v) is 34.8. The van der Waals surface area contributed by atoms with Gasteiger partial charge in [-0.05, 0) is 41.5 Å². The standard InChI is InChI=1S/6C4H9O3.Pb.Ti/c6*1-4(5,6-2)7-3;;/h6*1-3H3;;/q6*-1;+2;+4. The van der Waals surface area contributed by atoms with Gasteiger partial charge < -0.3 is 87.5 Å². The smallest absolute Gasteiger partial charge is 0.807 e. The number of rotatable bonds is 12. The quantitative estimate of drug-likeness (QED) is 0.132. The maximum absolute atomic E-state index is 10.4. The average molecular weight is 886 g/mol. The van der Waals surface area contributed by atoms with E-state index >= 15 is 0 Å². The van der Waals surface area contributed by atoms with E-state index in [4.69, 9.17) is 0 Å². The van der Waals surface area contributed by atoms with Gasteiger partial charge >= 0.3 is 49.0 Å². The first-order chi connectivity index (χ1) is 18.7. The van der Waals surface area contributed by atoms with Gasteiger partial charge in [0.05, 0.1) is 35.8 Å². The van der Waals surface area contributed by atoms with Crippen LogP contribution in [0.5, 0.6) is 0 Å². The molecule has 0 unspecified atom stereocenters. The molecule has 0 aliphatic carbocycles. The minimum atomic E-state index is -1.67. The van der Waals surface area contributed by atoms with Crippen LogP contribution >= 0.6 is 0 Å². The first kappa shape index (κ1) is 63.6. The van der Waals surface area contributed by atoms with Crippen molar-refractivity contribution in [3.05, 3.63) is 0 Å². The zero-order chi connectivity index (χ0) is 35.5. The number of hydrogen-bond donors (Lipinski definition) is 0. The van der Waals surface area contributed by atoms with Crippen molar-refractivity contribution in [1.29, 1.82) is 0 Å². The van der Waals surface area contributed by atoms with Gasteiger partial charge in [0, 0.05) is 85.3 Å². The van der Waals surface area contributed by atoms with Gasteiger partial charge in [-0.2, -0.15) is 0 Å². The van der Waals surface area contributed by atoms with Gasteiger partial charge in [0.2, 0.25) is 0 Å². The van der Waals surface area contributed by atoms with Crippen molar-refractivity contribution >= 4 is 27.3 Å². The SMILES string of the molecule is COC(C)([O-])OC.COC(C)([O-])OC.COC(C)([O-])OC.COC(C)([O-])OC.COC(C)([O-])OC.COC(C)([O-])OC.[Pb+2].[Ti+4]. The van der Waals surface area contributed by atoms with Crippen LogP contribution in [0.2, 0.25) is 0 Å². The fourth-order valence-corrected chi connectivity index (χ4v) is 0.500. The summed E-state index contributed by atoms with van der Waals surface area (Å²) in [6.45, 7) is 7.79. The van der Waals surface area contributed by atoms with Crippen molar-refractivity contribution in [2.24, 2.45) is 0 Å². The van der Waals surface area contributed by atoms with Gasteiger partial charge in [0.25, 0.3) is 0 Å². The summed E-state index contributed by atoms with van der Waals surface area (Å²) in [5, 5.41) is 62.4. The Labute approximate surface area is 298 Å². The molecule has 18 nitrogen and oxygen atoms in total. The number of ether oxygens (including phenoxy) is 12. The summed E-state index contributed by atoms with van der Waals surface area (Å²) in [5.74, 6) is -10.0. The van der Waals surface area contributed by atoms with Crippen molar-refractivity contribution in [3.63, 3.8) is 0 Å². The molecule has 0 aromatic carbocycles. The van der Waals surface area contributed by atoms with Crippen LogP contribution in [0, 0.1) is 0 Å². The van der Waals surface area contributed by atoms with E-state index in [0.717, 1.165) is 0 Å². The van der Waals surface area contributed by atoms with Crippen molar-refractivity contribution < 1.29 is 109 Å². The Morgan fingerprint density at radius 3 is 0.295 bits per heavy atom. The summed E-state index contributed by atoms with van der Waals surface area (Å²) in [6, 6.07) is 0. The maximum Gasteiger partial charge on any atom is 4.00 e. The van der Waals surface area contributed by atoms with Crippen LogP contribution in [-0.4, -0.2) is 148 Å². The zero-order valence-electron chi connectivity index (χ0n) is 29.3. The largest absolute Gasteiger partial charge is 4.00 e. The normalized spacial score (nSPS) is 11.5. The molecule has 0 aromatic heterocycles. The van der Waals surface area contributed by atoms with Crippen LogP contribution in [0.3, 0.4) is 0 Å². The van der Waals surface area contributed by atoms with Crippen LogP contribution in [0.15, 0.2) is 0 Å². The predicted octanol–water partition coefficient (Wildman–Crippen LogP) is -4.50. The van der Waals surface area contributed by atoms with Crippen molar-refractivity contribution in [2.45, 2.75) is 77.4 Å². The van der Waals surface area contributed by atoms with E-state index in [1.807, 2.05) is 0 Å². The molecule has 0 bridgehead atoms. The number of methoxy groups -OCH3 is 12. The van der Waals surface area contributed by atoms with Gasteiger partial charge in [-0.15, -0.1) is 0 Å². The second-order valence-electron chi connectivity index (χ2n) is 7.62. The van der Waals surface area contributed by atoms with Crippen molar-refractivity contribution in [1.82, 2.24) is 0 Å². The monoisotopic (exact) mass is 886 g/mol.